The first kappa shape index (κ1) is 27.4. The minimum absolute atomic E-state index is 0.0912. The minimum Gasteiger partial charge on any atom is -0.463 e. The Morgan fingerprint density at radius 2 is 1.27 bits per heavy atom. The van der Waals surface area contributed by atoms with E-state index < -0.39 is 24.2 Å². The van der Waals surface area contributed by atoms with Crippen LogP contribution >= 0.6 is 0 Å². The van der Waals surface area contributed by atoms with Gasteiger partial charge >= 0.3 is 5.97 Å². The van der Waals surface area contributed by atoms with Gasteiger partial charge < -0.3 is 20.1 Å². The van der Waals surface area contributed by atoms with Crippen LogP contribution in [-0.2, 0) is 9.53 Å². The molecule has 30 heavy (non-hydrogen) atoms. The number of aliphatic hydroxyl groups is 3. The molecule has 0 aliphatic heterocycles. The molecule has 0 aromatic rings. The van der Waals surface area contributed by atoms with Crippen LogP contribution in [0.25, 0.3) is 0 Å². The van der Waals surface area contributed by atoms with Gasteiger partial charge in [0.2, 0.25) is 0 Å². The first-order chi connectivity index (χ1) is 14.6. The SMILES string of the molecule is CCCCCCCCCCCCCCCCCC(=O)OC[C@@H](O)[C@H]1CC[C@@H](O)C1O. The van der Waals surface area contributed by atoms with Crippen molar-refractivity contribution >= 4 is 5.97 Å². The first-order valence-electron chi connectivity index (χ1n) is 12.8. The standard InChI is InChI=1S/C25H48O5/c1-2-3-4-5-6-7-8-9-10-11-12-13-14-15-16-17-24(28)30-20-23(27)21-18-19-22(26)25(21)29/h21-23,25-27,29H,2-20H2,1H3/t21-,22-,23-,25?/m1/s1. The highest BCUT2D eigenvalue weighted by molar-refractivity contribution is 5.69. The molecule has 1 unspecified atom stereocenters. The highest BCUT2D eigenvalue weighted by Crippen LogP contribution is 2.29. The molecule has 0 bridgehead atoms. The Bertz CT molecular complexity index is 414. The maximum absolute atomic E-state index is 11.8. The molecule has 0 aromatic carbocycles. The number of hydrogen-bond donors (Lipinski definition) is 3. The molecule has 1 aliphatic rings. The normalized spacial score (nSPS) is 22.3. The summed E-state index contributed by atoms with van der Waals surface area (Å²) in [6.45, 7) is 2.17. The Hall–Kier alpha value is -0.650. The third-order valence-electron chi connectivity index (χ3n) is 6.52. The highest BCUT2D eigenvalue weighted by atomic mass is 16.5. The number of esters is 1. The van der Waals surface area contributed by atoms with Crippen LogP contribution in [0.4, 0.5) is 0 Å². The van der Waals surface area contributed by atoms with Gasteiger partial charge in [-0.3, -0.25) is 4.79 Å². The maximum atomic E-state index is 11.8. The van der Waals surface area contributed by atoms with Gasteiger partial charge in [-0.2, -0.15) is 0 Å². The summed E-state index contributed by atoms with van der Waals surface area (Å²) in [4.78, 5) is 11.8. The Morgan fingerprint density at radius 1 is 0.800 bits per heavy atom. The average molecular weight is 429 g/mol. The number of carbonyl (C=O) groups excluding carboxylic acids is 1. The summed E-state index contributed by atoms with van der Waals surface area (Å²) in [6.07, 6.45) is 18.2. The Morgan fingerprint density at radius 3 is 1.70 bits per heavy atom. The van der Waals surface area contributed by atoms with E-state index in [1.54, 1.807) is 0 Å². The van der Waals surface area contributed by atoms with Gasteiger partial charge in [0.1, 0.15) is 6.61 Å². The lowest BCUT2D eigenvalue weighted by Crippen LogP contribution is -2.35. The zero-order chi connectivity index (χ0) is 22.0. The molecule has 1 rings (SSSR count). The lowest BCUT2D eigenvalue weighted by atomic mass is 9.99. The predicted octanol–water partition coefficient (Wildman–Crippen LogP) is 5.28. The number of hydrogen-bond acceptors (Lipinski definition) is 5. The summed E-state index contributed by atoms with van der Waals surface area (Å²) >= 11 is 0. The maximum Gasteiger partial charge on any atom is 0.305 e. The molecule has 1 fully saturated rings. The molecule has 178 valence electrons. The van der Waals surface area contributed by atoms with Crippen molar-refractivity contribution in [1.82, 2.24) is 0 Å². The van der Waals surface area contributed by atoms with Crippen molar-refractivity contribution in [1.29, 1.82) is 0 Å². The van der Waals surface area contributed by atoms with Gasteiger partial charge in [0.25, 0.3) is 0 Å². The fourth-order valence-electron chi connectivity index (χ4n) is 4.42. The van der Waals surface area contributed by atoms with Gasteiger partial charge in [-0.25, -0.2) is 0 Å². The van der Waals surface area contributed by atoms with E-state index in [1.165, 1.54) is 83.5 Å². The number of carbonyl (C=O) groups is 1. The molecule has 0 amide bonds. The minimum atomic E-state index is -0.922. The van der Waals surface area contributed by atoms with E-state index in [0.717, 1.165) is 12.8 Å². The second-order valence-electron chi connectivity index (χ2n) is 9.25. The fraction of sp³-hybridized carbons (Fsp3) is 0.960. The summed E-state index contributed by atoms with van der Waals surface area (Å²) in [5.74, 6) is -0.685. The second kappa shape index (κ2) is 18.0. The Balaban J connectivity index is 1.83. The van der Waals surface area contributed by atoms with Gasteiger partial charge in [0.05, 0.1) is 18.3 Å². The highest BCUT2D eigenvalue weighted by Gasteiger charge is 2.38. The van der Waals surface area contributed by atoms with Crippen molar-refractivity contribution in [2.24, 2.45) is 5.92 Å². The van der Waals surface area contributed by atoms with E-state index in [2.05, 4.69) is 6.92 Å². The quantitative estimate of drug-likeness (QED) is 0.192. The zero-order valence-electron chi connectivity index (χ0n) is 19.4. The third kappa shape index (κ3) is 12.9. The van der Waals surface area contributed by atoms with E-state index in [1.807, 2.05) is 0 Å². The fourth-order valence-corrected chi connectivity index (χ4v) is 4.42. The monoisotopic (exact) mass is 428 g/mol. The largest absolute Gasteiger partial charge is 0.463 e. The van der Waals surface area contributed by atoms with Crippen molar-refractivity contribution in [2.45, 2.75) is 141 Å². The van der Waals surface area contributed by atoms with Gasteiger partial charge in [0, 0.05) is 12.3 Å². The summed E-state index contributed by atoms with van der Waals surface area (Å²) in [5.41, 5.74) is 0. The van der Waals surface area contributed by atoms with E-state index in [0.29, 0.717) is 19.3 Å². The number of ether oxygens (including phenoxy) is 1. The summed E-state index contributed by atoms with van der Waals surface area (Å²) in [6, 6.07) is 0. The van der Waals surface area contributed by atoms with Crippen LogP contribution in [0.15, 0.2) is 0 Å². The molecule has 3 N–H and O–H groups in total. The third-order valence-corrected chi connectivity index (χ3v) is 6.52. The van der Waals surface area contributed by atoms with Crippen LogP contribution < -0.4 is 0 Å². The summed E-state index contributed by atoms with van der Waals surface area (Å²) < 4.78 is 5.14. The van der Waals surface area contributed by atoms with E-state index in [4.69, 9.17) is 4.74 Å². The van der Waals surface area contributed by atoms with Crippen LogP contribution in [0.2, 0.25) is 0 Å². The molecule has 0 heterocycles. The van der Waals surface area contributed by atoms with Crippen LogP contribution in [0.1, 0.15) is 122 Å². The molecule has 1 aliphatic carbocycles. The molecule has 4 atom stereocenters. The van der Waals surface area contributed by atoms with E-state index in [9.17, 15) is 20.1 Å². The van der Waals surface area contributed by atoms with Crippen molar-refractivity contribution in [3.05, 3.63) is 0 Å². The van der Waals surface area contributed by atoms with Crippen molar-refractivity contribution < 1.29 is 24.9 Å². The molecular weight excluding hydrogens is 380 g/mol. The van der Waals surface area contributed by atoms with Crippen molar-refractivity contribution in [3.63, 3.8) is 0 Å². The van der Waals surface area contributed by atoms with E-state index >= 15 is 0 Å². The van der Waals surface area contributed by atoms with Crippen LogP contribution in [0, 0.1) is 5.92 Å². The lowest BCUT2D eigenvalue weighted by molar-refractivity contribution is -0.149. The van der Waals surface area contributed by atoms with Crippen molar-refractivity contribution in [2.75, 3.05) is 6.61 Å². The van der Waals surface area contributed by atoms with Gasteiger partial charge in [-0.15, -0.1) is 0 Å². The predicted molar refractivity (Wildman–Crippen MR) is 121 cm³/mol. The Labute approximate surface area is 184 Å². The molecule has 0 radical (unpaired) electrons. The molecule has 5 heteroatoms. The number of rotatable bonds is 19. The number of unbranched alkanes of at least 4 members (excludes halogenated alkanes) is 14. The molecule has 0 saturated heterocycles. The number of aliphatic hydroxyl groups excluding tert-OH is 3. The zero-order valence-corrected chi connectivity index (χ0v) is 19.4. The van der Waals surface area contributed by atoms with Gasteiger partial charge in [0.15, 0.2) is 0 Å². The Kier molecular flexibility index (Phi) is 16.4. The van der Waals surface area contributed by atoms with Gasteiger partial charge in [-0.1, -0.05) is 96.8 Å². The van der Waals surface area contributed by atoms with Gasteiger partial charge in [-0.05, 0) is 19.3 Å². The molecular formula is C25H48O5. The topological polar surface area (TPSA) is 87.0 Å². The second-order valence-corrected chi connectivity index (χ2v) is 9.25. The van der Waals surface area contributed by atoms with Crippen molar-refractivity contribution in [3.8, 4) is 0 Å². The summed E-state index contributed by atoms with van der Waals surface area (Å²) in [5, 5.41) is 29.4. The van der Waals surface area contributed by atoms with Crippen LogP contribution in [0.3, 0.4) is 0 Å². The lowest BCUT2D eigenvalue weighted by Gasteiger charge is -2.22. The smallest absolute Gasteiger partial charge is 0.305 e. The molecule has 0 spiro atoms. The van der Waals surface area contributed by atoms with E-state index in [-0.39, 0.29) is 12.6 Å². The van der Waals surface area contributed by atoms with Crippen LogP contribution in [-0.4, -0.2) is 46.2 Å². The average Bonchev–Trinajstić information content (AvgIpc) is 3.07. The van der Waals surface area contributed by atoms with Crippen LogP contribution in [0.5, 0.6) is 0 Å². The molecule has 5 nitrogen and oxygen atoms in total. The molecule has 1 saturated carbocycles. The summed E-state index contributed by atoms with van der Waals surface area (Å²) in [7, 11) is 0. The first-order valence-corrected chi connectivity index (χ1v) is 12.8. The molecule has 0 aromatic heterocycles.